The van der Waals surface area contributed by atoms with Crippen molar-refractivity contribution in [2.24, 2.45) is 0 Å². The fourth-order valence-corrected chi connectivity index (χ4v) is 8.07. The number of anilines is 3. The molecule has 9 rings (SSSR count). The van der Waals surface area contributed by atoms with E-state index in [1.54, 1.807) is 0 Å². The first-order valence-electron chi connectivity index (χ1n) is 22.2. The first-order chi connectivity index (χ1) is 32.2. The minimum absolute atomic E-state index is 1.10. The van der Waals surface area contributed by atoms with Gasteiger partial charge in [-0.15, -0.1) is 0 Å². The Kier molecular flexibility index (Phi) is 13.5. The van der Waals surface area contributed by atoms with Crippen molar-refractivity contribution in [3.8, 4) is 0 Å². The fourth-order valence-electron chi connectivity index (χ4n) is 8.07. The quantitative estimate of drug-likeness (QED) is 0.0779. The zero-order chi connectivity index (χ0) is 43.9. The lowest BCUT2D eigenvalue weighted by atomic mass is 9.94. The average Bonchev–Trinajstić information content (AvgIpc) is 3.38. The van der Waals surface area contributed by atoms with Crippen molar-refractivity contribution >= 4 is 52.0 Å². The highest BCUT2D eigenvalue weighted by Crippen LogP contribution is 2.35. The van der Waals surface area contributed by atoms with Gasteiger partial charge in [-0.2, -0.15) is 0 Å². The van der Waals surface area contributed by atoms with E-state index in [-0.39, 0.29) is 0 Å². The molecular formula is C64H49N. The summed E-state index contributed by atoms with van der Waals surface area (Å²) in [6.07, 6.45) is 15.4. The molecule has 0 saturated carbocycles. The molecule has 0 amide bonds. The molecule has 0 aliphatic carbocycles. The van der Waals surface area contributed by atoms with Crippen LogP contribution in [0.4, 0.5) is 17.1 Å². The highest BCUT2D eigenvalue weighted by Gasteiger charge is 2.13. The van der Waals surface area contributed by atoms with Gasteiger partial charge in [0.2, 0.25) is 0 Å². The second-order valence-corrected chi connectivity index (χ2v) is 15.7. The van der Waals surface area contributed by atoms with Gasteiger partial charge >= 0.3 is 0 Å². The van der Waals surface area contributed by atoms with Crippen molar-refractivity contribution in [2.45, 2.75) is 0 Å². The molecule has 0 saturated heterocycles. The zero-order valence-corrected chi connectivity index (χ0v) is 36.2. The van der Waals surface area contributed by atoms with Gasteiger partial charge in [-0.25, -0.2) is 0 Å². The second kappa shape index (κ2) is 21.0. The summed E-state index contributed by atoms with van der Waals surface area (Å²) in [7, 11) is 0. The normalized spacial score (nSPS) is 11.0. The maximum atomic E-state index is 2.30. The van der Waals surface area contributed by atoms with E-state index in [0.29, 0.717) is 0 Å². The van der Waals surface area contributed by atoms with E-state index in [2.05, 4.69) is 302 Å². The van der Waals surface area contributed by atoms with Gasteiger partial charge in [-0.1, -0.05) is 255 Å². The Morgan fingerprint density at radius 1 is 0.246 bits per heavy atom. The molecule has 0 spiro atoms. The highest BCUT2D eigenvalue weighted by atomic mass is 15.1. The molecule has 0 N–H and O–H groups in total. The summed E-state index contributed by atoms with van der Waals surface area (Å²) in [6.45, 7) is 0. The van der Waals surface area contributed by atoms with Gasteiger partial charge in [0.1, 0.15) is 0 Å². The van der Waals surface area contributed by atoms with Crippen molar-refractivity contribution in [1.82, 2.24) is 0 Å². The third-order valence-corrected chi connectivity index (χ3v) is 11.4. The SMILES string of the molecule is C(=Cc1ccc(C(=Cc2ccc(N(c3ccccc3)c3ccccc3)cc2)c2ccc(C=CC=C(c3ccccc3)c3ccccc3)cc2)cc1)C=C(c1ccccc1)c1ccccc1. The van der Waals surface area contributed by atoms with Crippen LogP contribution in [0.15, 0.2) is 279 Å². The van der Waals surface area contributed by atoms with Crippen LogP contribution in [0.2, 0.25) is 0 Å². The van der Waals surface area contributed by atoms with Crippen molar-refractivity contribution in [1.29, 1.82) is 0 Å². The van der Waals surface area contributed by atoms with Crippen LogP contribution in [0, 0.1) is 0 Å². The van der Waals surface area contributed by atoms with Crippen LogP contribution in [-0.4, -0.2) is 0 Å². The second-order valence-electron chi connectivity index (χ2n) is 15.7. The molecule has 1 nitrogen and oxygen atoms in total. The largest absolute Gasteiger partial charge is 0.311 e. The zero-order valence-electron chi connectivity index (χ0n) is 36.2. The fraction of sp³-hybridized carbons (Fsp3) is 0. The van der Waals surface area contributed by atoms with E-state index in [0.717, 1.165) is 50.5 Å². The third kappa shape index (κ3) is 10.8. The number of hydrogen-bond acceptors (Lipinski definition) is 1. The van der Waals surface area contributed by atoms with Gasteiger partial charge in [0, 0.05) is 17.1 Å². The van der Waals surface area contributed by atoms with Gasteiger partial charge in [0.05, 0.1) is 0 Å². The van der Waals surface area contributed by atoms with E-state index < -0.39 is 0 Å². The number of para-hydroxylation sites is 2. The van der Waals surface area contributed by atoms with Crippen LogP contribution in [0.25, 0.3) is 34.9 Å². The van der Waals surface area contributed by atoms with E-state index in [4.69, 9.17) is 0 Å². The minimum atomic E-state index is 1.10. The molecule has 0 bridgehead atoms. The van der Waals surface area contributed by atoms with E-state index >= 15 is 0 Å². The standard InChI is InChI=1S/C64H49N/c1-7-23-53(24-8-1)62(54-25-9-2-10-26-54)35-19-21-50-37-43-57(44-38-50)64(49-52-41-47-61(48-42-52)65(59-31-15-5-16-32-59)60-33-17-6-18-34-60)58-45-39-51(40-46-58)22-20-36-63(55-27-11-3-12-28-55)56-29-13-4-14-30-56/h1-49H. The van der Waals surface area contributed by atoms with Gasteiger partial charge in [0.15, 0.2) is 0 Å². The van der Waals surface area contributed by atoms with Crippen LogP contribution in [-0.2, 0) is 0 Å². The summed E-state index contributed by atoms with van der Waals surface area (Å²) in [6, 6.07) is 90.0. The molecule has 1 heteroatoms. The van der Waals surface area contributed by atoms with Crippen LogP contribution in [0.5, 0.6) is 0 Å². The van der Waals surface area contributed by atoms with Crippen LogP contribution < -0.4 is 4.90 Å². The number of benzene rings is 9. The first-order valence-corrected chi connectivity index (χ1v) is 22.2. The number of hydrogen-bond donors (Lipinski definition) is 0. The molecule has 9 aromatic carbocycles. The molecular weight excluding hydrogens is 783 g/mol. The number of allylic oxidation sites excluding steroid dienone is 4. The van der Waals surface area contributed by atoms with Gasteiger partial charge in [0.25, 0.3) is 0 Å². The molecule has 65 heavy (non-hydrogen) atoms. The highest BCUT2D eigenvalue weighted by molar-refractivity contribution is 5.92. The lowest BCUT2D eigenvalue weighted by molar-refractivity contribution is 1.28. The molecule has 0 aliphatic heterocycles. The summed E-state index contributed by atoms with van der Waals surface area (Å²) in [5.41, 5.74) is 17.3. The monoisotopic (exact) mass is 831 g/mol. The maximum Gasteiger partial charge on any atom is 0.0462 e. The Bertz CT molecular complexity index is 2770. The molecule has 0 aromatic heterocycles. The number of nitrogens with zero attached hydrogens (tertiary/aromatic N) is 1. The topological polar surface area (TPSA) is 3.24 Å². The Hall–Kier alpha value is -8.52. The first kappa shape index (κ1) is 41.8. The molecule has 0 aliphatic rings. The van der Waals surface area contributed by atoms with Crippen LogP contribution in [0.3, 0.4) is 0 Å². The average molecular weight is 832 g/mol. The van der Waals surface area contributed by atoms with Crippen LogP contribution >= 0.6 is 0 Å². The Morgan fingerprint density at radius 3 is 0.862 bits per heavy atom. The van der Waals surface area contributed by atoms with E-state index in [9.17, 15) is 0 Å². The lowest BCUT2D eigenvalue weighted by Crippen LogP contribution is -2.09. The van der Waals surface area contributed by atoms with Crippen molar-refractivity contribution < 1.29 is 0 Å². The lowest BCUT2D eigenvalue weighted by Gasteiger charge is -2.25. The summed E-state index contributed by atoms with van der Waals surface area (Å²) < 4.78 is 0. The molecule has 310 valence electrons. The summed E-state index contributed by atoms with van der Waals surface area (Å²) in [4.78, 5) is 2.29. The Morgan fingerprint density at radius 2 is 0.523 bits per heavy atom. The minimum Gasteiger partial charge on any atom is -0.311 e. The van der Waals surface area contributed by atoms with Gasteiger partial charge in [-0.05, 0) is 109 Å². The Balaban J connectivity index is 1.03. The molecule has 0 radical (unpaired) electrons. The van der Waals surface area contributed by atoms with E-state index in [1.807, 2.05) is 0 Å². The van der Waals surface area contributed by atoms with Crippen molar-refractivity contribution in [3.63, 3.8) is 0 Å². The van der Waals surface area contributed by atoms with Crippen molar-refractivity contribution in [3.05, 3.63) is 329 Å². The molecule has 9 aromatic rings. The van der Waals surface area contributed by atoms with E-state index in [1.165, 1.54) is 33.4 Å². The maximum absolute atomic E-state index is 2.30. The van der Waals surface area contributed by atoms with Crippen LogP contribution in [0.1, 0.15) is 50.1 Å². The predicted molar refractivity (Wildman–Crippen MR) is 279 cm³/mol. The molecule has 0 fully saturated rings. The van der Waals surface area contributed by atoms with Gasteiger partial charge in [-0.3, -0.25) is 0 Å². The van der Waals surface area contributed by atoms with Crippen molar-refractivity contribution in [2.75, 3.05) is 4.90 Å². The predicted octanol–water partition coefficient (Wildman–Crippen LogP) is 17.0. The summed E-state index contributed by atoms with van der Waals surface area (Å²) in [5, 5.41) is 0. The number of rotatable bonds is 14. The smallest absolute Gasteiger partial charge is 0.0462 e. The summed E-state index contributed by atoms with van der Waals surface area (Å²) >= 11 is 0. The summed E-state index contributed by atoms with van der Waals surface area (Å²) in [5.74, 6) is 0. The molecule has 0 unspecified atom stereocenters. The Labute approximate surface area is 384 Å². The molecule has 0 heterocycles. The molecule has 0 atom stereocenters. The van der Waals surface area contributed by atoms with Gasteiger partial charge < -0.3 is 4.90 Å². The third-order valence-electron chi connectivity index (χ3n) is 11.4.